The summed E-state index contributed by atoms with van der Waals surface area (Å²) in [6.45, 7) is 12.4. The smallest absolute Gasteiger partial charge is 0.0492 e. The zero-order valence-electron chi connectivity index (χ0n) is 24.8. The molecule has 204 valence electrons. The summed E-state index contributed by atoms with van der Waals surface area (Å²) in [4.78, 5) is 5.44. The molecular formula is C37H46N2. The molecule has 2 fully saturated rings. The van der Waals surface area contributed by atoms with Gasteiger partial charge in [-0.05, 0) is 107 Å². The molecule has 0 N–H and O–H groups in total. The fraction of sp³-hybridized carbons (Fsp3) is 0.514. The van der Waals surface area contributed by atoms with Gasteiger partial charge in [-0.2, -0.15) is 0 Å². The van der Waals surface area contributed by atoms with Crippen molar-refractivity contribution in [1.29, 1.82) is 0 Å². The molecule has 2 aliphatic heterocycles. The number of nitrogens with zero attached hydrogens (tertiary/aromatic N) is 2. The first-order chi connectivity index (χ1) is 18.7. The zero-order chi connectivity index (χ0) is 27.0. The van der Waals surface area contributed by atoms with E-state index in [1.54, 1.807) is 11.1 Å². The molecule has 0 bridgehead atoms. The number of anilines is 4. The highest BCUT2D eigenvalue weighted by molar-refractivity contribution is 5.82. The topological polar surface area (TPSA) is 6.48 Å². The highest BCUT2D eigenvalue weighted by Crippen LogP contribution is 2.63. The Labute approximate surface area is 236 Å². The average Bonchev–Trinajstić information content (AvgIpc) is 3.23. The van der Waals surface area contributed by atoms with Gasteiger partial charge in [0.15, 0.2) is 0 Å². The van der Waals surface area contributed by atoms with Crippen molar-refractivity contribution in [3.8, 4) is 0 Å². The number of fused-ring (bicyclic) bond motifs is 4. The van der Waals surface area contributed by atoms with Gasteiger partial charge in [0, 0.05) is 44.7 Å². The second-order valence-corrected chi connectivity index (χ2v) is 14.1. The number of hydrogen-bond acceptors (Lipinski definition) is 2. The molecule has 0 unspecified atom stereocenters. The molecule has 39 heavy (non-hydrogen) atoms. The van der Waals surface area contributed by atoms with Crippen molar-refractivity contribution in [1.82, 2.24) is 0 Å². The summed E-state index contributed by atoms with van der Waals surface area (Å²) in [5, 5.41) is 0. The number of aryl methyl sites for hydroxylation is 1. The fourth-order valence-corrected chi connectivity index (χ4v) is 9.83. The van der Waals surface area contributed by atoms with Gasteiger partial charge in [-0.25, -0.2) is 0 Å². The van der Waals surface area contributed by atoms with Crippen molar-refractivity contribution in [3.05, 3.63) is 83.4 Å². The summed E-state index contributed by atoms with van der Waals surface area (Å²) >= 11 is 0. The van der Waals surface area contributed by atoms with Crippen molar-refractivity contribution >= 4 is 22.7 Å². The minimum Gasteiger partial charge on any atom is -0.335 e. The number of rotatable bonds is 2. The summed E-state index contributed by atoms with van der Waals surface area (Å²) in [5.74, 6) is 0. The minimum absolute atomic E-state index is 0.0190. The van der Waals surface area contributed by atoms with Gasteiger partial charge in [0.2, 0.25) is 0 Å². The van der Waals surface area contributed by atoms with Gasteiger partial charge < -0.3 is 9.80 Å². The van der Waals surface area contributed by atoms with Crippen LogP contribution in [-0.2, 0) is 10.8 Å². The first-order valence-corrected chi connectivity index (χ1v) is 15.6. The Balaban J connectivity index is 1.39. The third kappa shape index (κ3) is 3.27. The molecule has 2 saturated carbocycles. The zero-order valence-corrected chi connectivity index (χ0v) is 24.8. The van der Waals surface area contributed by atoms with Crippen LogP contribution in [0.4, 0.5) is 22.7 Å². The predicted octanol–water partition coefficient (Wildman–Crippen LogP) is 10.3. The van der Waals surface area contributed by atoms with E-state index in [4.69, 9.17) is 0 Å². The van der Waals surface area contributed by atoms with Crippen LogP contribution in [0, 0.1) is 6.92 Å². The van der Waals surface area contributed by atoms with Crippen LogP contribution in [0.25, 0.3) is 0 Å². The molecule has 2 heterocycles. The summed E-state index contributed by atoms with van der Waals surface area (Å²) in [7, 11) is 0. The van der Waals surface area contributed by atoms with Crippen LogP contribution >= 0.6 is 0 Å². The molecule has 2 spiro atoms. The highest BCUT2D eigenvalue weighted by Gasteiger charge is 2.58. The van der Waals surface area contributed by atoms with Crippen LogP contribution in [0.1, 0.15) is 109 Å². The molecule has 0 aromatic heterocycles. The summed E-state index contributed by atoms with van der Waals surface area (Å²) in [5.41, 5.74) is 10.5. The number of hydrogen-bond donors (Lipinski definition) is 0. The van der Waals surface area contributed by atoms with E-state index in [0.29, 0.717) is 0 Å². The molecule has 2 aliphatic carbocycles. The van der Waals surface area contributed by atoms with Crippen molar-refractivity contribution < 1.29 is 0 Å². The molecule has 0 radical (unpaired) electrons. The molecule has 7 rings (SSSR count). The van der Waals surface area contributed by atoms with Gasteiger partial charge in [0.05, 0.1) is 0 Å². The second-order valence-electron chi connectivity index (χ2n) is 14.1. The molecule has 4 aliphatic rings. The van der Waals surface area contributed by atoms with Crippen LogP contribution < -0.4 is 9.80 Å². The van der Waals surface area contributed by atoms with Gasteiger partial charge in [-0.3, -0.25) is 0 Å². The lowest BCUT2D eigenvalue weighted by molar-refractivity contribution is 0.198. The van der Waals surface area contributed by atoms with Gasteiger partial charge in [0.25, 0.3) is 0 Å². The van der Waals surface area contributed by atoms with E-state index in [1.807, 2.05) is 0 Å². The van der Waals surface area contributed by atoms with E-state index in [-0.39, 0.29) is 21.9 Å². The maximum atomic E-state index is 2.72. The van der Waals surface area contributed by atoms with Gasteiger partial charge in [0.1, 0.15) is 0 Å². The Hall–Kier alpha value is -2.74. The predicted molar refractivity (Wildman–Crippen MR) is 166 cm³/mol. The van der Waals surface area contributed by atoms with Crippen molar-refractivity contribution in [3.63, 3.8) is 0 Å². The van der Waals surface area contributed by atoms with E-state index < -0.39 is 0 Å². The third-order valence-corrected chi connectivity index (χ3v) is 11.8. The Morgan fingerprint density at radius 1 is 0.513 bits per heavy atom. The molecular weight excluding hydrogens is 472 g/mol. The first kappa shape index (κ1) is 25.2. The Bertz CT molecular complexity index is 1300. The van der Waals surface area contributed by atoms with E-state index in [9.17, 15) is 0 Å². The lowest BCUT2D eigenvalue weighted by Crippen LogP contribution is -2.53. The lowest BCUT2D eigenvalue weighted by atomic mass is 9.61. The van der Waals surface area contributed by atoms with Crippen LogP contribution in [0.15, 0.2) is 66.7 Å². The number of benzene rings is 3. The lowest BCUT2D eigenvalue weighted by Gasteiger charge is -2.50. The average molecular weight is 519 g/mol. The Kier molecular flexibility index (Phi) is 5.58. The third-order valence-electron chi connectivity index (χ3n) is 11.8. The fourth-order valence-electron chi connectivity index (χ4n) is 9.83. The minimum atomic E-state index is 0.0190. The van der Waals surface area contributed by atoms with Gasteiger partial charge in [-0.1, -0.05) is 74.9 Å². The largest absolute Gasteiger partial charge is 0.335 e. The van der Waals surface area contributed by atoms with Gasteiger partial charge in [-0.15, -0.1) is 0 Å². The van der Waals surface area contributed by atoms with Crippen LogP contribution in [0.5, 0.6) is 0 Å². The van der Waals surface area contributed by atoms with Crippen LogP contribution in [-0.4, -0.2) is 11.1 Å². The summed E-state index contributed by atoms with van der Waals surface area (Å²) < 4.78 is 0. The van der Waals surface area contributed by atoms with Crippen LogP contribution in [0.3, 0.4) is 0 Å². The Morgan fingerprint density at radius 2 is 0.897 bits per heavy atom. The standard InChI is InChI=1S/C37H46N2/c1-27-24-28(38-32-18-10-8-16-30(32)36(34(38,2)3)20-12-6-13-21-36)26-29(25-27)39-33-19-11-9-17-31(33)37(35(39,4)5)22-14-7-15-23-37/h8-11,16-19,24-26H,6-7,12-15,20-23H2,1-5H3. The van der Waals surface area contributed by atoms with Crippen LogP contribution in [0.2, 0.25) is 0 Å². The molecule has 3 aromatic rings. The molecule has 0 saturated heterocycles. The van der Waals surface area contributed by atoms with E-state index in [0.717, 1.165) is 0 Å². The summed E-state index contributed by atoms with van der Waals surface area (Å²) in [6.07, 6.45) is 13.3. The van der Waals surface area contributed by atoms with E-state index in [2.05, 4.69) is 111 Å². The second kappa shape index (κ2) is 8.63. The van der Waals surface area contributed by atoms with Crippen molar-refractivity contribution in [2.45, 2.75) is 121 Å². The molecule has 2 heteroatoms. The van der Waals surface area contributed by atoms with Gasteiger partial charge >= 0.3 is 0 Å². The van der Waals surface area contributed by atoms with Crippen molar-refractivity contribution in [2.75, 3.05) is 9.80 Å². The highest BCUT2D eigenvalue weighted by atomic mass is 15.3. The Morgan fingerprint density at radius 3 is 1.31 bits per heavy atom. The first-order valence-electron chi connectivity index (χ1n) is 15.6. The monoisotopic (exact) mass is 518 g/mol. The molecule has 2 nitrogen and oxygen atoms in total. The SMILES string of the molecule is Cc1cc(N2c3ccccc3C3(CCCCC3)C2(C)C)cc(N2c3ccccc3C3(CCCCC3)C2(C)C)c1. The maximum Gasteiger partial charge on any atom is 0.0492 e. The van der Waals surface area contributed by atoms with Crippen molar-refractivity contribution in [2.24, 2.45) is 0 Å². The molecule has 0 amide bonds. The quantitative estimate of drug-likeness (QED) is 0.333. The number of para-hydroxylation sites is 2. The molecule has 3 aromatic carbocycles. The normalized spacial score (nSPS) is 23.7. The molecule has 0 atom stereocenters. The van der Waals surface area contributed by atoms with E-state index in [1.165, 1.54) is 92.5 Å². The van der Waals surface area contributed by atoms with E-state index >= 15 is 0 Å². The summed E-state index contributed by atoms with van der Waals surface area (Å²) in [6, 6.07) is 26.1. The maximum absolute atomic E-state index is 2.72.